The molecule has 8 heteroatoms. The van der Waals surface area contributed by atoms with Crippen molar-refractivity contribution in [3.8, 4) is 0 Å². The molecule has 0 aliphatic carbocycles. The van der Waals surface area contributed by atoms with E-state index in [1.54, 1.807) is 11.9 Å². The predicted molar refractivity (Wildman–Crippen MR) is 61.5 cm³/mol. The summed E-state index contributed by atoms with van der Waals surface area (Å²) in [5.41, 5.74) is 5.11. The molecule has 1 heterocycles. The van der Waals surface area contributed by atoms with Gasteiger partial charge in [-0.1, -0.05) is 0 Å². The van der Waals surface area contributed by atoms with Gasteiger partial charge < -0.3 is 16.0 Å². The first-order chi connectivity index (χ1) is 7.56. The maximum Gasteiger partial charge on any atom is 0.237 e. The molecule has 1 aromatic heterocycles. The molecule has 88 valence electrons. The molecule has 7 nitrogen and oxygen atoms in total. The van der Waals surface area contributed by atoms with Gasteiger partial charge in [-0.3, -0.25) is 4.79 Å². The van der Waals surface area contributed by atoms with Gasteiger partial charge in [-0.2, -0.15) is 15.0 Å². The van der Waals surface area contributed by atoms with E-state index in [1.807, 2.05) is 6.92 Å². The molecule has 0 aliphatic rings. The molecule has 1 amide bonds. The number of nitrogens with two attached hydrogens (primary N) is 1. The van der Waals surface area contributed by atoms with Crippen LogP contribution in [-0.4, -0.2) is 41.0 Å². The Balaban J connectivity index is 2.99. The van der Waals surface area contributed by atoms with Gasteiger partial charge in [-0.05, 0) is 18.5 Å². The van der Waals surface area contributed by atoms with E-state index in [0.29, 0.717) is 18.4 Å². The average Bonchev–Trinajstić information content (AvgIpc) is 2.24. The average molecular weight is 245 g/mol. The predicted octanol–water partition coefficient (Wildman–Crippen LogP) is -0.122. The molecule has 0 bridgehead atoms. The van der Waals surface area contributed by atoms with Crippen molar-refractivity contribution < 1.29 is 4.79 Å². The number of likely N-dealkylation sites (N-methyl/N-ethyl adjacent to an activating group) is 1. The van der Waals surface area contributed by atoms with E-state index < -0.39 is 5.91 Å². The first-order valence-corrected chi connectivity index (χ1v) is 5.07. The smallest absolute Gasteiger partial charge is 0.237 e. The second kappa shape index (κ2) is 5.45. The number of nitrogens with zero attached hydrogens (tertiary/aromatic N) is 4. The second-order valence-electron chi connectivity index (χ2n) is 2.96. The van der Waals surface area contributed by atoms with Gasteiger partial charge in [0.15, 0.2) is 0 Å². The number of hydrogen-bond donors (Lipinski definition) is 2. The molecule has 0 saturated heterocycles. The van der Waals surface area contributed by atoms with Crippen molar-refractivity contribution in [1.82, 2.24) is 15.0 Å². The van der Waals surface area contributed by atoms with Crippen LogP contribution in [0.15, 0.2) is 0 Å². The van der Waals surface area contributed by atoms with E-state index in [2.05, 4.69) is 20.3 Å². The van der Waals surface area contributed by atoms with E-state index in [9.17, 15) is 4.79 Å². The summed E-state index contributed by atoms with van der Waals surface area (Å²) in [6.45, 7) is 2.45. The molecule has 0 unspecified atom stereocenters. The van der Waals surface area contributed by atoms with Crippen LogP contribution in [0.2, 0.25) is 5.28 Å². The molecule has 0 aliphatic heterocycles. The molecule has 3 N–H and O–H groups in total. The van der Waals surface area contributed by atoms with Crippen LogP contribution in [0, 0.1) is 0 Å². The van der Waals surface area contributed by atoms with Gasteiger partial charge in [0.2, 0.25) is 23.1 Å². The quantitative estimate of drug-likeness (QED) is 0.750. The van der Waals surface area contributed by atoms with Crippen molar-refractivity contribution in [3.05, 3.63) is 5.28 Å². The first-order valence-electron chi connectivity index (χ1n) is 4.69. The van der Waals surface area contributed by atoms with E-state index in [0.717, 1.165) is 0 Å². The van der Waals surface area contributed by atoms with E-state index >= 15 is 0 Å². The molecule has 1 rings (SSSR count). The third kappa shape index (κ3) is 3.20. The molecule has 0 fully saturated rings. The molecule has 0 spiro atoms. The monoisotopic (exact) mass is 244 g/mol. The number of halogens is 1. The van der Waals surface area contributed by atoms with Crippen molar-refractivity contribution in [1.29, 1.82) is 0 Å². The van der Waals surface area contributed by atoms with Gasteiger partial charge >= 0.3 is 0 Å². The number of primary amides is 1. The van der Waals surface area contributed by atoms with E-state index in [1.165, 1.54) is 0 Å². The van der Waals surface area contributed by atoms with Crippen LogP contribution in [0.25, 0.3) is 0 Å². The van der Waals surface area contributed by atoms with Gasteiger partial charge in [0, 0.05) is 13.6 Å². The minimum Gasteiger partial charge on any atom is -0.368 e. The summed E-state index contributed by atoms with van der Waals surface area (Å²) < 4.78 is 0. The van der Waals surface area contributed by atoms with Crippen LogP contribution in [0.5, 0.6) is 0 Å². The largest absolute Gasteiger partial charge is 0.368 e. The fourth-order valence-corrected chi connectivity index (χ4v) is 1.26. The van der Waals surface area contributed by atoms with E-state index in [-0.39, 0.29) is 11.8 Å². The maximum absolute atomic E-state index is 10.8. The first kappa shape index (κ1) is 12.4. The molecule has 0 radical (unpaired) electrons. The Hall–Kier alpha value is -1.63. The Morgan fingerprint density at radius 2 is 2.19 bits per heavy atom. The molecule has 1 aromatic rings. The zero-order valence-corrected chi connectivity index (χ0v) is 9.82. The highest BCUT2D eigenvalue weighted by atomic mass is 35.5. The highest BCUT2D eigenvalue weighted by molar-refractivity contribution is 6.28. The third-order valence-electron chi connectivity index (χ3n) is 1.83. The summed E-state index contributed by atoms with van der Waals surface area (Å²) in [5, 5.41) is 2.82. The Labute approximate surface area is 98.0 Å². The van der Waals surface area contributed by atoms with Crippen molar-refractivity contribution >= 4 is 29.4 Å². The van der Waals surface area contributed by atoms with Gasteiger partial charge in [0.25, 0.3) is 0 Å². The fourth-order valence-electron chi connectivity index (χ4n) is 1.10. The van der Waals surface area contributed by atoms with Crippen molar-refractivity contribution in [2.45, 2.75) is 6.92 Å². The molecule has 0 atom stereocenters. The van der Waals surface area contributed by atoms with Crippen LogP contribution < -0.4 is 16.0 Å². The lowest BCUT2D eigenvalue weighted by atomic mass is 10.5. The summed E-state index contributed by atoms with van der Waals surface area (Å²) in [6.07, 6.45) is 0. The van der Waals surface area contributed by atoms with Crippen LogP contribution in [0.1, 0.15) is 6.92 Å². The molecular weight excluding hydrogens is 232 g/mol. The van der Waals surface area contributed by atoms with Crippen molar-refractivity contribution in [3.63, 3.8) is 0 Å². The summed E-state index contributed by atoms with van der Waals surface area (Å²) in [7, 11) is 1.67. The number of anilines is 2. The zero-order chi connectivity index (χ0) is 12.1. The maximum atomic E-state index is 10.8. The molecule has 16 heavy (non-hydrogen) atoms. The Morgan fingerprint density at radius 1 is 1.50 bits per heavy atom. The minimum absolute atomic E-state index is 0.0417. The normalized spacial score (nSPS) is 9.94. The third-order valence-corrected chi connectivity index (χ3v) is 2.00. The fraction of sp³-hybridized carbons (Fsp3) is 0.500. The number of carbonyl (C=O) groups is 1. The summed E-state index contributed by atoms with van der Waals surface area (Å²) in [5.74, 6) is 0.216. The number of aromatic nitrogens is 3. The highest BCUT2D eigenvalue weighted by Gasteiger charge is 2.12. The lowest BCUT2D eigenvalue weighted by Gasteiger charge is -2.18. The highest BCUT2D eigenvalue weighted by Crippen LogP contribution is 2.12. The van der Waals surface area contributed by atoms with Gasteiger partial charge in [-0.25, -0.2) is 0 Å². The van der Waals surface area contributed by atoms with Crippen molar-refractivity contribution in [2.75, 3.05) is 30.4 Å². The van der Waals surface area contributed by atoms with Gasteiger partial charge in [0.05, 0.1) is 6.54 Å². The molecule has 0 aromatic carbocycles. The standard InChI is InChI=1S/C8H13ClN6O/c1-3-15(4-5(10)16)8-13-6(9)12-7(11-2)14-8/h3-4H2,1-2H3,(H2,10,16)(H,11,12,13,14). The van der Waals surface area contributed by atoms with Crippen LogP contribution in [0.4, 0.5) is 11.9 Å². The molecule has 0 saturated carbocycles. The summed E-state index contributed by atoms with van der Waals surface area (Å²) in [4.78, 5) is 24.3. The second-order valence-corrected chi connectivity index (χ2v) is 3.30. The Bertz CT molecular complexity index is 385. The van der Waals surface area contributed by atoms with E-state index in [4.69, 9.17) is 17.3 Å². The summed E-state index contributed by atoms with van der Waals surface area (Å²) >= 11 is 5.72. The zero-order valence-electron chi connectivity index (χ0n) is 9.07. The van der Waals surface area contributed by atoms with Gasteiger partial charge in [0.1, 0.15) is 0 Å². The number of rotatable bonds is 5. The molecular formula is C8H13ClN6O. The number of hydrogen-bond acceptors (Lipinski definition) is 6. The Morgan fingerprint density at radius 3 is 2.69 bits per heavy atom. The lowest BCUT2D eigenvalue weighted by Crippen LogP contribution is -2.35. The van der Waals surface area contributed by atoms with Crippen LogP contribution in [-0.2, 0) is 4.79 Å². The topological polar surface area (TPSA) is 97.0 Å². The Kier molecular flexibility index (Phi) is 4.24. The SMILES string of the molecule is CCN(CC(N)=O)c1nc(Cl)nc(NC)n1. The summed E-state index contributed by atoms with van der Waals surface area (Å²) in [6, 6.07) is 0. The lowest BCUT2D eigenvalue weighted by molar-refractivity contribution is -0.116. The van der Waals surface area contributed by atoms with Crippen molar-refractivity contribution in [2.24, 2.45) is 5.73 Å². The number of nitrogens with one attached hydrogen (secondary N) is 1. The number of carbonyl (C=O) groups excluding carboxylic acids is 1. The van der Waals surface area contributed by atoms with Crippen LogP contribution >= 0.6 is 11.6 Å². The minimum atomic E-state index is -0.454. The number of amides is 1. The van der Waals surface area contributed by atoms with Gasteiger partial charge in [-0.15, -0.1) is 0 Å². The van der Waals surface area contributed by atoms with Crippen LogP contribution in [0.3, 0.4) is 0 Å².